The highest BCUT2D eigenvalue weighted by Gasteiger charge is 2.33. The summed E-state index contributed by atoms with van der Waals surface area (Å²) in [5, 5.41) is 0. The van der Waals surface area contributed by atoms with Gasteiger partial charge in [0.05, 0.1) is 18.8 Å². The Morgan fingerprint density at radius 3 is 2.69 bits per heavy atom. The van der Waals surface area contributed by atoms with Crippen LogP contribution in [-0.4, -0.2) is 29.6 Å². The van der Waals surface area contributed by atoms with Crippen LogP contribution in [0.2, 0.25) is 0 Å². The molecule has 1 fully saturated rings. The van der Waals surface area contributed by atoms with Crippen LogP contribution in [0.1, 0.15) is 62.7 Å². The van der Waals surface area contributed by atoms with Crippen LogP contribution in [0.4, 0.5) is 0 Å². The van der Waals surface area contributed by atoms with Crippen LogP contribution in [0.5, 0.6) is 0 Å². The van der Waals surface area contributed by atoms with Crippen molar-refractivity contribution in [3.8, 4) is 0 Å². The van der Waals surface area contributed by atoms with Gasteiger partial charge in [0.15, 0.2) is 0 Å². The average molecular weight is 443 g/mol. The smallest absolute Gasteiger partial charge is 0.254 e. The molecular weight excluding hydrogens is 412 g/mol. The standard InChI is InChI=1S/C20H31BrN2O2S/c1-4-14-5-7-15(8-6-14)25-12-19-17(22-26-3)9-10-18-16(21)11-13(2)20(24)23(18)19/h11,14-15,17,19,22H,4-10,12H2,1-3H3. The molecule has 0 radical (unpaired) electrons. The Morgan fingerprint density at radius 1 is 1.31 bits per heavy atom. The normalized spacial score (nSPS) is 28.8. The lowest BCUT2D eigenvalue weighted by Crippen LogP contribution is -2.47. The number of nitrogens with zero attached hydrogens (tertiary/aromatic N) is 1. The molecule has 0 aromatic carbocycles. The van der Waals surface area contributed by atoms with Crippen molar-refractivity contribution >= 4 is 27.9 Å². The predicted octanol–water partition coefficient (Wildman–Crippen LogP) is 4.63. The molecule has 6 heteroatoms. The molecule has 0 spiro atoms. The minimum Gasteiger partial charge on any atom is -0.376 e. The van der Waals surface area contributed by atoms with Crippen molar-refractivity contribution in [2.24, 2.45) is 5.92 Å². The summed E-state index contributed by atoms with van der Waals surface area (Å²) < 4.78 is 12.9. The zero-order chi connectivity index (χ0) is 18.7. The van der Waals surface area contributed by atoms with Gasteiger partial charge < -0.3 is 9.30 Å². The van der Waals surface area contributed by atoms with E-state index in [1.807, 2.05) is 23.8 Å². The lowest BCUT2D eigenvalue weighted by molar-refractivity contribution is -0.00684. The largest absolute Gasteiger partial charge is 0.376 e. The van der Waals surface area contributed by atoms with E-state index in [9.17, 15) is 4.79 Å². The van der Waals surface area contributed by atoms with E-state index in [0.29, 0.717) is 12.7 Å². The maximum absolute atomic E-state index is 12.9. The van der Waals surface area contributed by atoms with E-state index in [-0.39, 0.29) is 17.6 Å². The van der Waals surface area contributed by atoms with E-state index >= 15 is 0 Å². The SMILES string of the molecule is CCC1CCC(OCC2C(NSC)CCc3c(Br)cc(C)c(=O)n32)CC1. The molecule has 0 amide bonds. The fraction of sp³-hybridized carbons (Fsp3) is 0.750. The summed E-state index contributed by atoms with van der Waals surface area (Å²) in [6.45, 7) is 4.80. The van der Waals surface area contributed by atoms with Crippen LogP contribution in [0.15, 0.2) is 15.3 Å². The molecular formula is C20H31BrN2O2S. The Labute approximate surface area is 169 Å². The number of nitrogens with one attached hydrogen (secondary N) is 1. The number of ether oxygens (including phenoxy) is 1. The molecule has 146 valence electrons. The van der Waals surface area contributed by atoms with E-state index < -0.39 is 0 Å². The molecule has 1 aromatic heterocycles. The molecule has 4 nitrogen and oxygen atoms in total. The van der Waals surface area contributed by atoms with Crippen molar-refractivity contribution in [2.75, 3.05) is 12.9 Å². The first-order chi connectivity index (χ1) is 12.5. The minimum atomic E-state index is 0.0544. The van der Waals surface area contributed by atoms with E-state index in [1.165, 1.54) is 19.3 Å². The predicted molar refractivity (Wildman–Crippen MR) is 113 cm³/mol. The molecule has 1 aliphatic carbocycles. The van der Waals surface area contributed by atoms with Gasteiger partial charge >= 0.3 is 0 Å². The third-order valence-electron chi connectivity index (χ3n) is 6.10. The van der Waals surface area contributed by atoms with Crippen LogP contribution < -0.4 is 10.3 Å². The van der Waals surface area contributed by atoms with Crippen molar-refractivity contribution in [1.82, 2.24) is 9.29 Å². The molecule has 1 aliphatic heterocycles. The molecule has 0 saturated heterocycles. The van der Waals surface area contributed by atoms with E-state index in [2.05, 4.69) is 27.6 Å². The highest BCUT2D eigenvalue weighted by Crippen LogP contribution is 2.32. The van der Waals surface area contributed by atoms with Gasteiger partial charge in [-0.2, -0.15) is 0 Å². The Balaban J connectivity index is 1.78. The number of halogens is 1. The summed E-state index contributed by atoms with van der Waals surface area (Å²) in [6.07, 6.45) is 10.5. The van der Waals surface area contributed by atoms with Gasteiger partial charge in [-0.3, -0.25) is 9.52 Å². The molecule has 1 N–H and O–H groups in total. The summed E-state index contributed by atoms with van der Waals surface area (Å²) >= 11 is 5.30. The van der Waals surface area contributed by atoms with Crippen molar-refractivity contribution in [3.63, 3.8) is 0 Å². The number of hydrogen-bond acceptors (Lipinski definition) is 4. The quantitative estimate of drug-likeness (QED) is 0.652. The first kappa shape index (κ1) is 20.4. The summed E-state index contributed by atoms with van der Waals surface area (Å²) in [4.78, 5) is 12.9. The van der Waals surface area contributed by atoms with Crippen LogP contribution in [0.3, 0.4) is 0 Å². The molecule has 0 bridgehead atoms. The summed E-state index contributed by atoms with van der Waals surface area (Å²) in [5.74, 6) is 0.873. The van der Waals surface area contributed by atoms with Gasteiger partial charge in [-0.25, -0.2) is 0 Å². The highest BCUT2D eigenvalue weighted by molar-refractivity contribution is 9.10. The van der Waals surface area contributed by atoms with Gasteiger partial charge in [-0.15, -0.1) is 0 Å². The minimum absolute atomic E-state index is 0.0544. The maximum atomic E-state index is 12.9. The summed E-state index contributed by atoms with van der Waals surface area (Å²) in [5.41, 5.74) is 2.03. The van der Waals surface area contributed by atoms with E-state index in [1.54, 1.807) is 11.9 Å². The van der Waals surface area contributed by atoms with Gasteiger partial charge in [0, 0.05) is 21.8 Å². The number of rotatable bonds is 6. The van der Waals surface area contributed by atoms with Crippen molar-refractivity contribution in [1.29, 1.82) is 0 Å². The van der Waals surface area contributed by atoms with E-state index in [4.69, 9.17) is 4.74 Å². The number of aromatic nitrogens is 1. The Hall–Kier alpha value is -0.300. The molecule has 1 aromatic rings. The molecule has 1 saturated carbocycles. The summed E-state index contributed by atoms with van der Waals surface area (Å²) in [6, 6.07) is 2.27. The lowest BCUT2D eigenvalue weighted by Gasteiger charge is -2.37. The topological polar surface area (TPSA) is 43.3 Å². The average Bonchev–Trinajstić information content (AvgIpc) is 2.65. The molecule has 2 heterocycles. The second-order valence-corrected chi connectivity index (χ2v) is 9.21. The zero-order valence-corrected chi connectivity index (χ0v) is 18.5. The molecule has 2 unspecified atom stereocenters. The van der Waals surface area contributed by atoms with Gasteiger partial charge in [-0.05, 0) is 79.6 Å². The van der Waals surface area contributed by atoms with Crippen LogP contribution in [0, 0.1) is 12.8 Å². The molecule has 26 heavy (non-hydrogen) atoms. The fourth-order valence-corrected chi connectivity index (χ4v) is 5.75. The van der Waals surface area contributed by atoms with Gasteiger partial charge in [0.25, 0.3) is 5.56 Å². The summed E-state index contributed by atoms with van der Waals surface area (Å²) in [7, 11) is 0. The number of pyridine rings is 1. The van der Waals surface area contributed by atoms with Crippen LogP contribution in [-0.2, 0) is 11.2 Å². The number of hydrogen-bond donors (Lipinski definition) is 1. The van der Waals surface area contributed by atoms with Crippen molar-refractivity contribution in [2.45, 2.75) is 77.0 Å². The van der Waals surface area contributed by atoms with Crippen LogP contribution >= 0.6 is 27.9 Å². The zero-order valence-electron chi connectivity index (χ0n) is 16.1. The highest BCUT2D eigenvalue weighted by atomic mass is 79.9. The number of fused-ring (bicyclic) bond motifs is 1. The maximum Gasteiger partial charge on any atom is 0.254 e. The van der Waals surface area contributed by atoms with Crippen molar-refractivity contribution in [3.05, 3.63) is 32.2 Å². The first-order valence-corrected chi connectivity index (χ1v) is 11.9. The van der Waals surface area contributed by atoms with Crippen LogP contribution in [0.25, 0.3) is 0 Å². The first-order valence-electron chi connectivity index (χ1n) is 9.85. The Kier molecular flexibility index (Phi) is 7.28. The van der Waals surface area contributed by atoms with E-state index in [0.717, 1.165) is 47.3 Å². The molecule has 2 atom stereocenters. The molecule has 2 aliphatic rings. The third-order valence-corrected chi connectivity index (χ3v) is 7.32. The van der Waals surface area contributed by atoms with Crippen molar-refractivity contribution < 1.29 is 4.74 Å². The fourth-order valence-electron chi connectivity index (χ4n) is 4.44. The van der Waals surface area contributed by atoms with Gasteiger partial charge in [-0.1, -0.05) is 25.3 Å². The second-order valence-electron chi connectivity index (χ2n) is 7.72. The van der Waals surface area contributed by atoms with Gasteiger partial charge in [0.1, 0.15) is 0 Å². The second kappa shape index (κ2) is 9.26. The third kappa shape index (κ3) is 4.40. The monoisotopic (exact) mass is 442 g/mol. The molecule has 3 rings (SSSR count). The van der Waals surface area contributed by atoms with Gasteiger partial charge in [0.2, 0.25) is 0 Å². The number of aryl methyl sites for hydroxylation is 1. The Morgan fingerprint density at radius 2 is 2.04 bits per heavy atom. The lowest BCUT2D eigenvalue weighted by atomic mass is 9.86. The Bertz CT molecular complexity index is 671.